The van der Waals surface area contributed by atoms with E-state index in [4.69, 9.17) is 9.47 Å². The van der Waals surface area contributed by atoms with Crippen molar-refractivity contribution in [1.82, 2.24) is 9.88 Å². The van der Waals surface area contributed by atoms with Crippen LogP contribution in [-0.2, 0) is 0 Å². The molecular weight excluding hydrogens is 518 g/mol. The second-order valence-corrected chi connectivity index (χ2v) is 10.3. The highest BCUT2D eigenvalue weighted by atomic mass is 16.5. The number of rotatable bonds is 7. The first kappa shape index (κ1) is 25.4. The third-order valence-electron chi connectivity index (χ3n) is 7.27. The molecular formula is C37H29N3O2. The van der Waals surface area contributed by atoms with Crippen molar-refractivity contribution in [3.05, 3.63) is 146 Å². The Morgan fingerprint density at radius 2 is 1.26 bits per heavy atom. The number of hydrogen-bond acceptors (Lipinski definition) is 5. The third kappa shape index (κ3) is 5.40. The van der Waals surface area contributed by atoms with Crippen LogP contribution in [0.5, 0.6) is 23.0 Å². The molecule has 1 aliphatic heterocycles. The largest absolute Gasteiger partial charge is 0.457 e. The fourth-order valence-electron chi connectivity index (χ4n) is 5.23. The van der Waals surface area contributed by atoms with Crippen molar-refractivity contribution < 1.29 is 9.47 Å². The maximum atomic E-state index is 6.45. The molecule has 42 heavy (non-hydrogen) atoms. The van der Waals surface area contributed by atoms with Gasteiger partial charge in [0.1, 0.15) is 23.0 Å². The molecule has 5 heteroatoms. The van der Waals surface area contributed by atoms with E-state index in [0.717, 1.165) is 63.1 Å². The van der Waals surface area contributed by atoms with Gasteiger partial charge in [0.25, 0.3) is 0 Å². The van der Waals surface area contributed by atoms with E-state index in [1.807, 2.05) is 72.9 Å². The Morgan fingerprint density at radius 1 is 0.571 bits per heavy atom. The number of aromatic nitrogens is 1. The molecule has 6 aromatic rings. The first-order valence-electron chi connectivity index (χ1n) is 13.9. The number of benzene rings is 5. The van der Waals surface area contributed by atoms with Gasteiger partial charge >= 0.3 is 0 Å². The molecule has 0 aliphatic carbocycles. The first-order valence-corrected chi connectivity index (χ1v) is 13.9. The van der Waals surface area contributed by atoms with E-state index in [0.29, 0.717) is 0 Å². The third-order valence-corrected chi connectivity index (χ3v) is 7.27. The minimum Gasteiger partial charge on any atom is -0.457 e. The predicted molar refractivity (Wildman–Crippen MR) is 170 cm³/mol. The van der Waals surface area contributed by atoms with Gasteiger partial charge in [0.15, 0.2) is 0 Å². The summed E-state index contributed by atoms with van der Waals surface area (Å²) in [5.74, 6) is 3.15. The summed E-state index contributed by atoms with van der Waals surface area (Å²) in [7, 11) is 2.07. The Balaban J connectivity index is 1.16. The molecule has 2 heterocycles. The monoisotopic (exact) mass is 547 g/mol. The molecule has 0 fully saturated rings. The zero-order valence-corrected chi connectivity index (χ0v) is 23.2. The van der Waals surface area contributed by atoms with Crippen LogP contribution >= 0.6 is 0 Å². The van der Waals surface area contributed by atoms with E-state index >= 15 is 0 Å². The zero-order valence-electron chi connectivity index (χ0n) is 23.2. The Bertz CT molecular complexity index is 1900. The number of hydrogen-bond donors (Lipinski definition) is 0. The van der Waals surface area contributed by atoms with E-state index < -0.39 is 0 Å². The molecule has 5 nitrogen and oxygen atoms in total. The van der Waals surface area contributed by atoms with Gasteiger partial charge in [0, 0.05) is 42.7 Å². The lowest BCUT2D eigenvalue weighted by molar-refractivity contribution is 0.481. The van der Waals surface area contributed by atoms with Crippen LogP contribution in [0.1, 0.15) is 0 Å². The molecule has 1 aliphatic rings. The molecule has 1 aromatic heterocycles. The average Bonchev–Trinajstić information content (AvgIpc) is 3.47. The van der Waals surface area contributed by atoms with Crippen LogP contribution in [0.4, 0.5) is 5.69 Å². The van der Waals surface area contributed by atoms with Gasteiger partial charge in [-0.2, -0.15) is 0 Å². The molecule has 204 valence electrons. The number of para-hydroxylation sites is 1. The van der Waals surface area contributed by atoms with Crippen molar-refractivity contribution in [2.45, 2.75) is 0 Å². The standard InChI is InChI=1S/C37H29N3O2/c1-39-19-20-40(26-39)37-25-34(22-29-9-5-6-16-35(29)37)42-33-15-8-11-30(23-33)36-24-28(17-18-38-36)27-10-7-14-32(21-27)41-31-12-3-2-4-13-31/h2-25H,26H2,1H3. The summed E-state index contributed by atoms with van der Waals surface area (Å²) < 4.78 is 12.5. The molecule has 0 radical (unpaired) electrons. The fourth-order valence-corrected chi connectivity index (χ4v) is 5.23. The molecule has 0 saturated carbocycles. The summed E-state index contributed by atoms with van der Waals surface area (Å²) in [6.45, 7) is 0.798. The highest BCUT2D eigenvalue weighted by Gasteiger charge is 2.16. The summed E-state index contributed by atoms with van der Waals surface area (Å²) in [4.78, 5) is 9.07. The Kier molecular flexibility index (Phi) is 6.74. The lowest BCUT2D eigenvalue weighted by Gasteiger charge is -2.21. The van der Waals surface area contributed by atoms with Crippen molar-refractivity contribution in [1.29, 1.82) is 0 Å². The summed E-state index contributed by atoms with van der Waals surface area (Å²) in [5, 5.41) is 2.33. The highest BCUT2D eigenvalue weighted by Crippen LogP contribution is 2.36. The SMILES string of the molecule is CN1C=CN(c2cc(Oc3cccc(-c4cc(-c5cccc(Oc6ccccc6)c5)ccn4)c3)cc3ccccc23)C1. The van der Waals surface area contributed by atoms with E-state index in [2.05, 4.69) is 94.9 Å². The van der Waals surface area contributed by atoms with Gasteiger partial charge in [-0.05, 0) is 71.1 Å². The van der Waals surface area contributed by atoms with Crippen LogP contribution in [0.3, 0.4) is 0 Å². The summed E-state index contributed by atoms with van der Waals surface area (Å²) in [6.07, 6.45) is 6.03. The minimum atomic E-state index is 0.758. The highest BCUT2D eigenvalue weighted by molar-refractivity contribution is 5.96. The van der Waals surface area contributed by atoms with Crippen LogP contribution in [0, 0.1) is 0 Å². The van der Waals surface area contributed by atoms with Crippen molar-refractivity contribution in [3.63, 3.8) is 0 Å². The van der Waals surface area contributed by atoms with Crippen LogP contribution in [0.25, 0.3) is 33.2 Å². The molecule has 0 N–H and O–H groups in total. The normalized spacial score (nSPS) is 12.6. The number of ether oxygens (including phenoxy) is 2. The number of pyridine rings is 1. The van der Waals surface area contributed by atoms with Gasteiger partial charge in [0.05, 0.1) is 18.1 Å². The molecule has 0 saturated heterocycles. The fraction of sp³-hybridized carbons (Fsp3) is 0.0541. The molecule has 0 amide bonds. The Hall–Kier alpha value is -5.55. The maximum Gasteiger partial charge on any atom is 0.130 e. The van der Waals surface area contributed by atoms with Crippen molar-refractivity contribution in [2.75, 3.05) is 18.6 Å². The van der Waals surface area contributed by atoms with Crippen molar-refractivity contribution >= 4 is 16.5 Å². The van der Waals surface area contributed by atoms with Crippen LogP contribution in [-0.4, -0.2) is 23.6 Å². The van der Waals surface area contributed by atoms with E-state index in [1.165, 1.54) is 5.39 Å². The second-order valence-electron chi connectivity index (χ2n) is 10.3. The number of fused-ring (bicyclic) bond motifs is 1. The topological polar surface area (TPSA) is 37.8 Å². The lowest BCUT2D eigenvalue weighted by Crippen LogP contribution is -2.21. The van der Waals surface area contributed by atoms with Gasteiger partial charge in [0.2, 0.25) is 0 Å². The minimum absolute atomic E-state index is 0.758. The molecule has 0 unspecified atom stereocenters. The van der Waals surface area contributed by atoms with Gasteiger partial charge in [-0.15, -0.1) is 0 Å². The maximum absolute atomic E-state index is 6.45. The Labute approximate surface area is 245 Å². The van der Waals surface area contributed by atoms with E-state index in [-0.39, 0.29) is 0 Å². The van der Waals surface area contributed by atoms with E-state index in [1.54, 1.807) is 0 Å². The Morgan fingerprint density at radius 3 is 2.07 bits per heavy atom. The smallest absolute Gasteiger partial charge is 0.130 e. The predicted octanol–water partition coefficient (Wildman–Crippen LogP) is 9.33. The molecule has 0 spiro atoms. The van der Waals surface area contributed by atoms with Gasteiger partial charge < -0.3 is 19.3 Å². The van der Waals surface area contributed by atoms with E-state index in [9.17, 15) is 0 Å². The van der Waals surface area contributed by atoms with Gasteiger partial charge in [-0.25, -0.2) is 0 Å². The first-order chi connectivity index (χ1) is 20.7. The zero-order chi connectivity index (χ0) is 28.3. The number of anilines is 1. The van der Waals surface area contributed by atoms with Crippen LogP contribution in [0.2, 0.25) is 0 Å². The quantitative estimate of drug-likeness (QED) is 0.199. The number of nitrogens with zero attached hydrogens (tertiary/aromatic N) is 3. The average molecular weight is 548 g/mol. The second kappa shape index (κ2) is 11.1. The van der Waals surface area contributed by atoms with Crippen molar-refractivity contribution in [3.8, 4) is 45.4 Å². The lowest BCUT2D eigenvalue weighted by atomic mass is 10.0. The molecule has 0 bridgehead atoms. The molecule has 7 rings (SSSR count). The summed E-state index contributed by atoms with van der Waals surface area (Å²) in [6, 6.07) is 42.8. The van der Waals surface area contributed by atoms with Crippen LogP contribution < -0.4 is 14.4 Å². The van der Waals surface area contributed by atoms with Gasteiger partial charge in [-0.1, -0.05) is 66.7 Å². The molecule has 5 aromatic carbocycles. The van der Waals surface area contributed by atoms with Crippen molar-refractivity contribution in [2.24, 2.45) is 0 Å². The molecule has 0 atom stereocenters. The van der Waals surface area contributed by atoms with Gasteiger partial charge in [-0.3, -0.25) is 4.98 Å². The summed E-state index contributed by atoms with van der Waals surface area (Å²) in [5.41, 5.74) is 5.10. The van der Waals surface area contributed by atoms with Crippen LogP contribution in [0.15, 0.2) is 146 Å². The summed E-state index contributed by atoms with van der Waals surface area (Å²) >= 11 is 0.